The largest absolute Gasteiger partial charge is 0.334 e. The lowest BCUT2D eigenvalue weighted by Gasteiger charge is -2.21. The van der Waals surface area contributed by atoms with Gasteiger partial charge in [-0.05, 0) is 49.1 Å². The third kappa shape index (κ3) is 2.80. The fraction of sp³-hybridized carbons (Fsp3) is 0.350. The van der Waals surface area contributed by atoms with Crippen LogP contribution in [0.15, 0.2) is 40.7 Å². The third-order valence-electron chi connectivity index (χ3n) is 4.83. The van der Waals surface area contributed by atoms with Crippen LogP contribution >= 0.6 is 0 Å². The normalized spacial score (nSPS) is 14.5. The number of carbonyl (C=O) groups is 1. The van der Waals surface area contributed by atoms with Gasteiger partial charge >= 0.3 is 0 Å². The molecule has 130 valence electrons. The number of aromatic nitrogens is 2. The molecule has 3 rings (SSSR count). The molecule has 0 atom stereocenters. The van der Waals surface area contributed by atoms with Crippen LogP contribution in [0.1, 0.15) is 36.2 Å². The Morgan fingerprint density at radius 3 is 2.64 bits per heavy atom. The van der Waals surface area contributed by atoms with Gasteiger partial charge in [-0.1, -0.05) is 19.6 Å². The number of fused-ring (bicyclic) bond motifs is 1. The van der Waals surface area contributed by atoms with Crippen LogP contribution in [-0.4, -0.2) is 28.4 Å². The molecule has 0 unspecified atom stereocenters. The Morgan fingerprint density at radius 2 is 2.08 bits per heavy atom. The predicted octanol–water partition coefficient (Wildman–Crippen LogP) is 3.16. The van der Waals surface area contributed by atoms with Gasteiger partial charge in [-0.15, -0.1) is 0 Å². The van der Waals surface area contributed by atoms with E-state index in [1.54, 1.807) is 23.7 Å². The van der Waals surface area contributed by atoms with Gasteiger partial charge in [0.25, 0.3) is 5.56 Å². The smallest absolute Gasteiger partial charge is 0.262 e. The Hall–Kier alpha value is -2.69. The van der Waals surface area contributed by atoms with Crippen LogP contribution in [0, 0.1) is 6.92 Å². The zero-order valence-corrected chi connectivity index (χ0v) is 15.2. The average molecular weight is 337 g/mol. The van der Waals surface area contributed by atoms with Gasteiger partial charge < -0.3 is 4.90 Å². The Labute approximate surface area is 147 Å². The van der Waals surface area contributed by atoms with Crippen LogP contribution in [0.25, 0.3) is 10.9 Å². The maximum Gasteiger partial charge on any atom is 0.262 e. The maximum atomic E-state index is 12.9. The molecular weight excluding hydrogens is 314 g/mol. The van der Waals surface area contributed by atoms with E-state index in [0.29, 0.717) is 29.0 Å². The van der Waals surface area contributed by atoms with E-state index in [-0.39, 0.29) is 11.3 Å². The Morgan fingerprint density at radius 1 is 1.36 bits per heavy atom. The van der Waals surface area contributed by atoms with Crippen molar-refractivity contribution in [2.45, 2.75) is 27.2 Å². The molecule has 0 saturated carbocycles. The Bertz CT molecular complexity index is 983. The Kier molecular flexibility index (Phi) is 4.33. The first-order valence-corrected chi connectivity index (χ1v) is 8.48. The molecule has 2 aromatic rings. The lowest BCUT2D eigenvalue weighted by atomic mass is 10.0. The first kappa shape index (κ1) is 17.1. The molecule has 0 N–H and O–H groups in total. The highest BCUT2D eigenvalue weighted by atomic mass is 16.1. The first-order valence-electron chi connectivity index (χ1n) is 8.48. The minimum atomic E-state index is -0.128. The van der Waals surface area contributed by atoms with Crippen molar-refractivity contribution >= 4 is 22.6 Å². The summed E-state index contributed by atoms with van der Waals surface area (Å²) in [5, 5.41) is 0.489. The third-order valence-corrected chi connectivity index (χ3v) is 4.83. The molecule has 0 saturated heterocycles. The summed E-state index contributed by atoms with van der Waals surface area (Å²) in [7, 11) is 1.73. The number of anilines is 1. The monoisotopic (exact) mass is 337 g/mol. The molecule has 1 aromatic heterocycles. The number of nitrogens with zero attached hydrogens (tertiary/aromatic N) is 3. The topological polar surface area (TPSA) is 55.2 Å². The molecule has 0 spiro atoms. The van der Waals surface area contributed by atoms with Crippen molar-refractivity contribution in [3.05, 3.63) is 57.4 Å². The summed E-state index contributed by atoms with van der Waals surface area (Å²) >= 11 is 0. The lowest BCUT2D eigenvalue weighted by Crippen LogP contribution is -2.31. The number of hydrogen-bond acceptors (Lipinski definition) is 4. The lowest BCUT2D eigenvalue weighted by molar-refractivity contribution is 0.101. The van der Waals surface area contributed by atoms with Crippen LogP contribution in [0.2, 0.25) is 0 Å². The maximum absolute atomic E-state index is 12.9. The molecule has 0 fully saturated rings. The molecule has 0 amide bonds. The van der Waals surface area contributed by atoms with Crippen molar-refractivity contribution in [2.75, 3.05) is 18.0 Å². The summed E-state index contributed by atoms with van der Waals surface area (Å²) in [5.74, 6) is 0.507. The van der Waals surface area contributed by atoms with Gasteiger partial charge in [0.2, 0.25) is 5.95 Å². The number of Topliss-reactive ketones (excluding diaryl/α,β-unsaturated/α-hetero) is 1. The summed E-state index contributed by atoms with van der Waals surface area (Å²) in [4.78, 5) is 31.7. The van der Waals surface area contributed by atoms with E-state index in [0.717, 1.165) is 18.5 Å². The molecule has 2 heterocycles. The van der Waals surface area contributed by atoms with E-state index in [1.165, 1.54) is 18.1 Å². The van der Waals surface area contributed by atoms with Gasteiger partial charge in [0, 0.05) is 25.7 Å². The van der Waals surface area contributed by atoms with Crippen LogP contribution in [0.3, 0.4) is 0 Å². The van der Waals surface area contributed by atoms with E-state index < -0.39 is 0 Å². The van der Waals surface area contributed by atoms with Crippen molar-refractivity contribution in [1.29, 1.82) is 0 Å². The number of carbonyl (C=O) groups excluding carboxylic acids is 1. The molecule has 0 bridgehead atoms. The van der Waals surface area contributed by atoms with Crippen molar-refractivity contribution in [3.8, 4) is 0 Å². The number of rotatable bonds is 4. The van der Waals surface area contributed by atoms with Crippen molar-refractivity contribution < 1.29 is 4.79 Å². The minimum Gasteiger partial charge on any atom is -0.334 e. The summed E-state index contributed by atoms with van der Waals surface area (Å²) in [6, 6.07) is 3.60. The molecule has 1 aromatic carbocycles. The number of hydrogen-bond donors (Lipinski definition) is 0. The van der Waals surface area contributed by atoms with Crippen molar-refractivity contribution in [1.82, 2.24) is 9.55 Å². The van der Waals surface area contributed by atoms with E-state index in [1.807, 2.05) is 13.0 Å². The fourth-order valence-electron chi connectivity index (χ4n) is 3.45. The minimum absolute atomic E-state index is 0.0824. The molecule has 0 aliphatic carbocycles. The van der Waals surface area contributed by atoms with Gasteiger partial charge in [-0.3, -0.25) is 14.2 Å². The van der Waals surface area contributed by atoms with Gasteiger partial charge in [0.05, 0.1) is 10.9 Å². The molecule has 25 heavy (non-hydrogen) atoms. The molecule has 1 aliphatic heterocycles. The summed E-state index contributed by atoms with van der Waals surface area (Å²) < 4.78 is 1.57. The van der Waals surface area contributed by atoms with Gasteiger partial charge in [-0.25, -0.2) is 4.98 Å². The summed E-state index contributed by atoms with van der Waals surface area (Å²) in [6.45, 7) is 10.8. The second-order valence-corrected chi connectivity index (χ2v) is 6.58. The van der Waals surface area contributed by atoms with E-state index in [2.05, 4.69) is 18.4 Å². The van der Waals surface area contributed by atoms with Gasteiger partial charge in [0.1, 0.15) is 0 Å². The zero-order valence-electron chi connectivity index (χ0n) is 15.2. The van der Waals surface area contributed by atoms with Crippen LogP contribution < -0.4 is 10.5 Å². The van der Waals surface area contributed by atoms with Crippen LogP contribution in [-0.2, 0) is 7.05 Å². The number of ketones is 1. The average Bonchev–Trinajstić information content (AvgIpc) is 3.00. The highest BCUT2D eigenvalue weighted by Crippen LogP contribution is 2.26. The zero-order chi connectivity index (χ0) is 18.3. The molecule has 5 heteroatoms. The fourth-order valence-corrected chi connectivity index (χ4v) is 3.45. The van der Waals surface area contributed by atoms with Gasteiger partial charge in [-0.2, -0.15) is 0 Å². The molecule has 5 nitrogen and oxygen atoms in total. The molecular formula is C20H23N3O2. The standard InChI is InChI=1S/C20H23N3O2/c1-6-14-10-23(11-15(14)7-2)20-21-18-16(13(4)24)8-12(3)9-17(18)19(25)22(20)5/h6,8-9H,1,7,10-11H2,2-5H3. The molecule has 1 aliphatic rings. The van der Waals surface area contributed by atoms with Crippen LogP contribution in [0.4, 0.5) is 5.95 Å². The van der Waals surface area contributed by atoms with E-state index in [9.17, 15) is 9.59 Å². The predicted molar refractivity (Wildman–Crippen MR) is 101 cm³/mol. The highest BCUT2D eigenvalue weighted by molar-refractivity contribution is 6.05. The van der Waals surface area contributed by atoms with Crippen molar-refractivity contribution in [2.24, 2.45) is 7.05 Å². The Balaban J connectivity index is 2.22. The van der Waals surface area contributed by atoms with Gasteiger partial charge in [0.15, 0.2) is 5.78 Å². The van der Waals surface area contributed by atoms with Crippen molar-refractivity contribution in [3.63, 3.8) is 0 Å². The van der Waals surface area contributed by atoms with Crippen LogP contribution in [0.5, 0.6) is 0 Å². The SMILES string of the molecule is C=CC1=C(CC)CN(c2nc3c(C(C)=O)cc(C)cc3c(=O)n2C)C1. The highest BCUT2D eigenvalue weighted by Gasteiger charge is 2.24. The van der Waals surface area contributed by atoms with E-state index in [4.69, 9.17) is 4.98 Å². The molecule has 0 radical (unpaired) electrons. The van der Waals surface area contributed by atoms with E-state index >= 15 is 0 Å². The second kappa shape index (κ2) is 6.31. The summed E-state index contributed by atoms with van der Waals surface area (Å²) in [6.07, 6.45) is 2.82. The second-order valence-electron chi connectivity index (χ2n) is 6.58. The first-order chi connectivity index (χ1) is 11.9. The quantitative estimate of drug-likeness (QED) is 0.804. The summed E-state index contributed by atoms with van der Waals surface area (Å²) in [5.41, 5.74) is 4.24. The number of aryl methyl sites for hydroxylation is 1. The number of benzene rings is 1.